The van der Waals surface area contributed by atoms with Gasteiger partial charge >= 0.3 is 0 Å². The van der Waals surface area contributed by atoms with Crippen LogP contribution in [-0.2, 0) is 6.54 Å². The van der Waals surface area contributed by atoms with Crippen LogP contribution in [0.2, 0.25) is 0 Å². The van der Waals surface area contributed by atoms with Gasteiger partial charge in [0.2, 0.25) is 0 Å². The van der Waals surface area contributed by atoms with Gasteiger partial charge in [-0.1, -0.05) is 12.1 Å². The molecule has 1 aromatic heterocycles. The maximum absolute atomic E-state index is 5.52. The van der Waals surface area contributed by atoms with Gasteiger partial charge < -0.3 is 14.8 Å². The van der Waals surface area contributed by atoms with Crippen molar-refractivity contribution in [2.45, 2.75) is 26.4 Å². The van der Waals surface area contributed by atoms with Crippen LogP contribution in [0.15, 0.2) is 35.7 Å². The lowest BCUT2D eigenvalue weighted by atomic mass is 10.2. The lowest BCUT2D eigenvalue weighted by Gasteiger charge is -2.14. The highest BCUT2D eigenvalue weighted by Crippen LogP contribution is 2.28. The second kappa shape index (κ2) is 7.31. The van der Waals surface area contributed by atoms with Crippen molar-refractivity contribution in [1.29, 1.82) is 0 Å². The molecule has 1 atom stereocenters. The van der Waals surface area contributed by atoms with Gasteiger partial charge in [0.05, 0.1) is 13.7 Å². The number of hydrogen-bond acceptors (Lipinski definition) is 4. The van der Waals surface area contributed by atoms with Gasteiger partial charge in [-0.05, 0) is 43.0 Å². The Bertz CT molecular complexity index is 525. The van der Waals surface area contributed by atoms with Gasteiger partial charge in [0.25, 0.3) is 0 Å². The van der Waals surface area contributed by atoms with E-state index in [-0.39, 0.29) is 0 Å². The van der Waals surface area contributed by atoms with Crippen molar-refractivity contribution in [2.24, 2.45) is 0 Å². The van der Waals surface area contributed by atoms with E-state index in [4.69, 9.17) is 9.47 Å². The zero-order valence-corrected chi connectivity index (χ0v) is 13.0. The molecule has 4 heteroatoms. The van der Waals surface area contributed by atoms with Gasteiger partial charge in [-0.15, -0.1) is 11.3 Å². The van der Waals surface area contributed by atoms with Gasteiger partial charge in [0.15, 0.2) is 11.5 Å². The monoisotopic (exact) mass is 291 g/mol. The highest BCUT2D eigenvalue weighted by molar-refractivity contribution is 7.10. The zero-order chi connectivity index (χ0) is 14.4. The van der Waals surface area contributed by atoms with Crippen LogP contribution in [0.4, 0.5) is 0 Å². The maximum atomic E-state index is 5.52. The number of benzene rings is 1. The fourth-order valence-electron chi connectivity index (χ4n) is 2.01. The first-order chi connectivity index (χ1) is 9.74. The van der Waals surface area contributed by atoms with Crippen molar-refractivity contribution in [3.05, 3.63) is 46.2 Å². The van der Waals surface area contributed by atoms with Crippen molar-refractivity contribution in [2.75, 3.05) is 13.7 Å². The normalized spacial score (nSPS) is 12.2. The summed E-state index contributed by atoms with van der Waals surface area (Å²) in [6, 6.07) is 10.7. The van der Waals surface area contributed by atoms with Gasteiger partial charge in [0.1, 0.15) is 0 Å². The molecule has 20 heavy (non-hydrogen) atoms. The summed E-state index contributed by atoms with van der Waals surface area (Å²) in [5, 5.41) is 5.62. The molecule has 1 aromatic carbocycles. The molecule has 0 unspecified atom stereocenters. The molecular weight excluding hydrogens is 270 g/mol. The number of nitrogens with one attached hydrogen (secondary N) is 1. The Morgan fingerprint density at radius 2 is 2.10 bits per heavy atom. The molecule has 3 nitrogen and oxygen atoms in total. The molecule has 0 spiro atoms. The third-order valence-electron chi connectivity index (χ3n) is 3.11. The van der Waals surface area contributed by atoms with Crippen LogP contribution >= 0.6 is 11.3 Å². The van der Waals surface area contributed by atoms with Crippen LogP contribution in [0.25, 0.3) is 0 Å². The van der Waals surface area contributed by atoms with Crippen LogP contribution < -0.4 is 14.8 Å². The number of rotatable bonds is 7. The first-order valence-electron chi connectivity index (χ1n) is 6.81. The van der Waals surface area contributed by atoms with E-state index in [9.17, 15) is 0 Å². The minimum absolute atomic E-state index is 0.354. The Balaban J connectivity index is 1.99. The second-order valence-corrected chi connectivity index (χ2v) is 5.52. The molecule has 0 aliphatic carbocycles. The topological polar surface area (TPSA) is 30.5 Å². The fraction of sp³-hybridized carbons (Fsp3) is 0.375. The Morgan fingerprint density at radius 3 is 2.75 bits per heavy atom. The van der Waals surface area contributed by atoms with E-state index in [0.29, 0.717) is 12.6 Å². The molecule has 0 fully saturated rings. The summed E-state index contributed by atoms with van der Waals surface area (Å²) in [6.45, 7) is 5.60. The fourth-order valence-corrected chi connectivity index (χ4v) is 2.76. The highest BCUT2D eigenvalue weighted by atomic mass is 32.1. The Kier molecular flexibility index (Phi) is 5.44. The van der Waals surface area contributed by atoms with E-state index in [1.54, 1.807) is 18.4 Å². The third-order valence-corrected chi connectivity index (χ3v) is 4.17. The van der Waals surface area contributed by atoms with Gasteiger partial charge in [0, 0.05) is 17.5 Å². The van der Waals surface area contributed by atoms with E-state index in [1.165, 1.54) is 10.4 Å². The highest BCUT2D eigenvalue weighted by Gasteiger charge is 2.08. The molecule has 0 aliphatic heterocycles. The summed E-state index contributed by atoms with van der Waals surface area (Å²) in [6.07, 6.45) is 0. The van der Waals surface area contributed by atoms with Gasteiger partial charge in [-0.25, -0.2) is 0 Å². The smallest absolute Gasteiger partial charge is 0.161 e. The first-order valence-corrected chi connectivity index (χ1v) is 7.69. The Labute approximate surface area is 124 Å². The predicted octanol–water partition coefficient (Wildman–Crippen LogP) is 4.01. The maximum Gasteiger partial charge on any atom is 0.161 e. The summed E-state index contributed by atoms with van der Waals surface area (Å²) in [5.74, 6) is 1.58. The van der Waals surface area contributed by atoms with Crippen LogP contribution in [0.3, 0.4) is 0 Å². The van der Waals surface area contributed by atoms with Gasteiger partial charge in [-0.3, -0.25) is 0 Å². The third kappa shape index (κ3) is 3.74. The molecule has 0 saturated carbocycles. The molecule has 0 aliphatic rings. The Morgan fingerprint density at radius 1 is 1.25 bits per heavy atom. The van der Waals surface area contributed by atoms with E-state index in [1.807, 2.05) is 19.1 Å². The molecule has 2 rings (SSSR count). The summed E-state index contributed by atoms with van der Waals surface area (Å²) in [7, 11) is 1.67. The molecule has 2 aromatic rings. The molecule has 108 valence electrons. The average molecular weight is 291 g/mol. The van der Waals surface area contributed by atoms with Crippen molar-refractivity contribution < 1.29 is 9.47 Å². The molecule has 0 radical (unpaired) electrons. The van der Waals surface area contributed by atoms with Crippen molar-refractivity contribution >= 4 is 11.3 Å². The molecule has 0 amide bonds. The quantitative estimate of drug-likeness (QED) is 0.836. The van der Waals surface area contributed by atoms with E-state index < -0.39 is 0 Å². The zero-order valence-electron chi connectivity index (χ0n) is 12.2. The van der Waals surface area contributed by atoms with Gasteiger partial charge in [-0.2, -0.15) is 0 Å². The molecule has 0 bridgehead atoms. The summed E-state index contributed by atoms with van der Waals surface area (Å²) in [5.41, 5.74) is 1.19. The summed E-state index contributed by atoms with van der Waals surface area (Å²) in [4.78, 5) is 1.35. The predicted molar refractivity (Wildman–Crippen MR) is 83.7 cm³/mol. The van der Waals surface area contributed by atoms with Crippen molar-refractivity contribution in [3.63, 3.8) is 0 Å². The number of methoxy groups -OCH3 is 1. The molecular formula is C16H21NO2S. The van der Waals surface area contributed by atoms with Crippen LogP contribution in [-0.4, -0.2) is 13.7 Å². The largest absolute Gasteiger partial charge is 0.493 e. The lowest BCUT2D eigenvalue weighted by molar-refractivity contribution is 0.310. The molecule has 0 saturated heterocycles. The van der Waals surface area contributed by atoms with Crippen LogP contribution in [0.1, 0.15) is 30.3 Å². The first kappa shape index (κ1) is 14.9. The minimum Gasteiger partial charge on any atom is -0.493 e. The average Bonchev–Trinajstić information content (AvgIpc) is 3.00. The SMILES string of the molecule is CCOc1ccc(CN[C@H](C)c2cccs2)cc1OC. The van der Waals surface area contributed by atoms with Crippen molar-refractivity contribution in [1.82, 2.24) is 5.32 Å². The number of ether oxygens (including phenoxy) is 2. The van der Waals surface area contributed by atoms with E-state index >= 15 is 0 Å². The Hall–Kier alpha value is -1.52. The summed E-state index contributed by atoms with van der Waals surface area (Å²) < 4.78 is 10.9. The van der Waals surface area contributed by atoms with E-state index in [2.05, 4.69) is 35.8 Å². The van der Waals surface area contributed by atoms with Crippen molar-refractivity contribution in [3.8, 4) is 11.5 Å². The number of thiophene rings is 1. The van der Waals surface area contributed by atoms with E-state index in [0.717, 1.165) is 18.0 Å². The van der Waals surface area contributed by atoms with Crippen LogP contribution in [0, 0.1) is 0 Å². The van der Waals surface area contributed by atoms with Crippen LogP contribution in [0.5, 0.6) is 11.5 Å². The summed E-state index contributed by atoms with van der Waals surface area (Å²) >= 11 is 1.78. The molecule has 1 N–H and O–H groups in total. The lowest BCUT2D eigenvalue weighted by Crippen LogP contribution is -2.17. The minimum atomic E-state index is 0.354. The second-order valence-electron chi connectivity index (χ2n) is 4.54. The molecule has 1 heterocycles. The number of hydrogen-bond donors (Lipinski definition) is 1. The standard InChI is InChI=1S/C16H21NO2S/c1-4-19-14-8-7-13(10-15(14)18-3)11-17-12(2)16-6-5-9-20-16/h5-10,12,17H,4,11H2,1-3H3/t12-/m1/s1.